The van der Waals surface area contributed by atoms with Crippen LogP contribution in [-0.2, 0) is 26.2 Å². The van der Waals surface area contributed by atoms with E-state index >= 15 is 0 Å². The average molecular weight is 472 g/mol. The third kappa shape index (κ3) is 5.29. The Bertz CT molecular complexity index is 953. The van der Waals surface area contributed by atoms with Crippen LogP contribution in [0.15, 0.2) is 85.2 Å². The summed E-state index contributed by atoms with van der Waals surface area (Å²) in [5.74, 6) is 0. The van der Waals surface area contributed by atoms with Gasteiger partial charge in [0, 0.05) is 12.4 Å². The fourth-order valence-electron chi connectivity index (χ4n) is 3.12. The number of halogens is 2. The fourth-order valence-corrected chi connectivity index (χ4v) is 3.12. The van der Waals surface area contributed by atoms with Gasteiger partial charge in [0.25, 0.3) is 0 Å². The van der Waals surface area contributed by atoms with Crippen LogP contribution in [0.4, 0.5) is 0 Å². The van der Waals surface area contributed by atoms with E-state index in [1.165, 1.54) is 27.5 Å². The summed E-state index contributed by atoms with van der Waals surface area (Å²) in [6.45, 7) is 2.08. The smallest absolute Gasteiger partial charge is 1.00 e. The number of aryl methyl sites for hydroxylation is 1. The van der Waals surface area contributed by atoms with Crippen molar-refractivity contribution in [2.75, 3.05) is 0 Å². The second-order valence-corrected chi connectivity index (χ2v) is 6.14. The zero-order chi connectivity index (χ0) is 16.4. The molecule has 0 aliphatic heterocycles. The Labute approximate surface area is 192 Å². The summed E-state index contributed by atoms with van der Waals surface area (Å²) in [5.41, 5.74) is 3.95. The molecule has 1 aromatic heterocycles. The first-order valence-corrected chi connectivity index (χ1v) is 8.24. The SMILES string of the molecule is C[c-]1cccc1.[C-]1=Cc2ccccc2C1n1cc2ccccc2c1.[Cl-].[Cl-].[Zr+4]. The Kier molecular flexibility index (Phi) is 9.39. The molecular weight excluding hydrogens is 452 g/mol. The van der Waals surface area contributed by atoms with E-state index in [1.54, 1.807) is 0 Å². The molecule has 0 radical (unpaired) electrons. The van der Waals surface area contributed by atoms with Crippen LogP contribution in [0.3, 0.4) is 0 Å². The van der Waals surface area contributed by atoms with Gasteiger partial charge in [0.05, 0.1) is 0 Å². The zero-order valence-corrected chi connectivity index (χ0v) is 18.9. The number of nitrogens with zero attached hydrogens (tertiary/aromatic N) is 1. The van der Waals surface area contributed by atoms with E-state index in [9.17, 15) is 0 Å². The monoisotopic (exact) mass is 469 g/mol. The van der Waals surface area contributed by atoms with Crippen molar-refractivity contribution in [1.82, 2.24) is 4.57 Å². The van der Waals surface area contributed by atoms with Crippen molar-refractivity contribution in [3.05, 3.63) is 108 Å². The molecule has 134 valence electrons. The maximum atomic E-state index is 3.44. The fraction of sp³-hybridized carbons (Fsp3) is 0.0870. The summed E-state index contributed by atoms with van der Waals surface area (Å²) in [6.07, 6.45) is 9.92. The molecule has 0 spiro atoms. The van der Waals surface area contributed by atoms with E-state index in [1.807, 2.05) is 12.1 Å². The van der Waals surface area contributed by atoms with Gasteiger partial charge in [0.1, 0.15) is 0 Å². The Hall–Kier alpha value is -1.47. The van der Waals surface area contributed by atoms with Crippen molar-refractivity contribution in [3.63, 3.8) is 0 Å². The zero-order valence-electron chi connectivity index (χ0n) is 14.9. The number of fused-ring (bicyclic) bond motifs is 2. The predicted molar refractivity (Wildman–Crippen MR) is 101 cm³/mol. The van der Waals surface area contributed by atoms with Gasteiger partial charge in [-0.25, -0.2) is 24.3 Å². The summed E-state index contributed by atoms with van der Waals surface area (Å²) in [5, 5.41) is 2.56. The molecule has 1 heterocycles. The van der Waals surface area contributed by atoms with E-state index in [4.69, 9.17) is 0 Å². The molecule has 5 rings (SSSR count). The number of hydrogen-bond donors (Lipinski definition) is 0. The normalized spacial score (nSPS) is 13.4. The van der Waals surface area contributed by atoms with Gasteiger partial charge in [0.2, 0.25) is 0 Å². The second-order valence-electron chi connectivity index (χ2n) is 6.14. The maximum absolute atomic E-state index is 3.44. The van der Waals surface area contributed by atoms with Crippen molar-refractivity contribution in [3.8, 4) is 0 Å². The first-order chi connectivity index (χ1) is 11.8. The third-order valence-electron chi connectivity index (χ3n) is 4.39. The molecule has 0 N–H and O–H groups in total. The Balaban J connectivity index is 0.000000354. The van der Waals surface area contributed by atoms with E-state index in [0.29, 0.717) is 0 Å². The van der Waals surface area contributed by atoms with Crippen LogP contribution in [0, 0.1) is 13.0 Å². The van der Waals surface area contributed by atoms with Crippen LogP contribution in [-0.4, -0.2) is 4.57 Å². The van der Waals surface area contributed by atoms with Crippen LogP contribution in [0.2, 0.25) is 0 Å². The van der Waals surface area contributed by atoms with Crippen molar-refractivity contribution in [1.29, 1.82) is 0 Å². The van der Waals surface area contributed by atoms with Crippen molar-refractivity contribution in [2.24, 2.45) is 0 Å². The average Bonchev–Trinajstić information content (AvgIpc) is 3.33. The predicted octanol–water partition coefficient (Wildman–Crippen LogP) is -0.220. The van der Waals surface area contributed by atoms with Gasteiger partial charge in [-0.3, -0.25) is 0 Å². The van der Waals surface area contributed by atoms with Crippen molar-refractivity contribution in [2.45, 2.75) is 13.0 Å². The van der Waals surface area contributed by atoms with Crippen LogP contribution < -0.4 is 24.8 Å². The van der Waals surface area contributed by atoms with Crippen LogP contribution in [0.5, 0.6) is 0 Å². The molecule has 0 saturated carbocycles. The van der Waals surface area contributed by atoms with E-state index in [-0.39, 0.29) is 57.1 Å². The Morgan fingerprint density at radius 3 is 1.93 bits per heavy atom. The molecule has 4 aromatic rings. The van der Waals surface area contributed by atoms with Crippen molar-refractivity contribution >= 4 is 16.8 Å². The third-order valence-corrected chi connectivity index (χ3v) is 4.39. The van der Waals surface area contributed by atoms with Crippen LogP contribution in [0.1, 0.15) is 22.7 Å². The summed E-state index contributed by atoms with van der Waals surface area (Å²) in [6, 6.07) is 25.4. The summed E-state index contributed by atoms with van der Waals surface area (Å²) >= 11 is 0. The van der Waals surface area contributed by atoms with Crippen LogP contribution in [0.25, 0.3) is 16.8 Å². The summed E-state index contributed by atoms with van der Waals surface area (Å²) < 4.78 is 2.24. The molecule has 0 fully saturated rings. The summed E-state index contributed by atoms with van der Waals surface area (Å²) in [7, 11) is 0. The maximum Gasteiger partial charge on any atom is 4.00 e. The van der Waals surface area contributed by atoms with E-state index < -0.39 is 0 Å². The molecule has 1 aliphatic carbocycles. The van der Waals surface area contributed by atoms with E-state index in [0.717, 1.165) is 0 Å². The molecule has 0 amide bonds. The molecule has 3 aromatic carbocycles. The number of rotatable bonds is 1. The number of allylic oxidation sites excluding steroid dienone is 1. The first-order valence-electron chi connectivity index (χ1n) is 8.24. The van der Waals surface area contributed by atoms with Gasteiger partial charge in [-0.15, -0.1) is 11.6 Å². The Morgan fingerprint density at radius 1 is 0.815 bits per heavy atom. The summed E-state index contributed by atoms with van der Waals surface area (Å²) in [4.78, 5) is 0. The second kappa shape index (κ2) is 10.8. The minimum Gasteiger partial charge on any atom is -1.00 e. The van der Waals surface area contributed by atoms with Gasteiger partial charge < -0.3 is 29.4 Å². The van der Waals surface area contributed by atoms with Gasteiger partial charge >= 0.3 is 26.2 Å². The first kappa shape index (κ1) is 23.6. The van der Waals surface area contributed by atoms with Crippen LogP contribution >= 0.6 is 0 Å². The Morgan fingerprint density at radius 2 is 1.37 bits per heavy atom. The largest absolute Gasteiger partial charge is 4.00 e. The number of benzene rings is 2. The van der Waals surface area contributed by atoms with Crippen molar-refractivity contribution < 1.29 is 51.0 Å². The van der Waals surface area contributed by atoms with Gasteiger partial charge in [-0.1, -0.05) is 49.4 Å². The molecule has 1 aliphatic rings. The minimum absolute atomic E-state index is 0. The quantitative estimate of drug-likeness (QED) is 0.339. The molecule has 0 bridgehead atoms. The number of aromatic nitrogens is 1. The minimum atomic E-state index is 0. The van der Waals surface area contributed by atoms with E-state index in [2.05, 4.69) is 96.7 Å². The topological polar surface area (TPSA) is 4.93 Å². The van der Waals surface area contributed by atoms with Gasteiger partial charge in [-0.2, -0.15) is 23.3 Å². The standard InChI is InChI=1S/C17H12N.C6H7.2ClH.Zr/c1-2-7-15-12-18(11-14(15)6-1)17-10-9-13-5-3-4-8-16(13)17;1-6-4-2-3-5-6;;;/h1-9,11-12,17H;2-5H,1H3;2*1H;/q2*-1;;;+4/p-2. The molecule has 0 saturated heterocycles. The molecule has 4 heteroatoms. The molecule has 27 heavy (non-hydrogen) atoms. The van der Waals surface area contributed by atoms with Gasteiger partial charge in [-0.05, 0) is 16.8 Å². The number of hydrogen-bond acceptors (Lipinski definition) is 0. The van der Waals surface area contributed by atoms with Gasteiger partial charge in [0.15, 0.2) is 0 Å². The molecular formula is C23H19Cl2NZr. The molecule has 1 nitrogen and oxygen atoms in total. The molecule has 1 atom stereocenters. The molecule has 1 unspecified atom stereocenters.